The Balaban J connectivity index is 1.91. The fraction of sp³-hybridized carbons (Fsp3) is 0.545. The van der Waals surface area contributed by atoms with Gasteiger partial charge in [0.15, 0.2) is 16.8 Å². The molecule has 1 aromatic rings. The molecule has 3 nitrogen and oxygen atoms in total. The largest absolute Gasteiger partial charge is 0.442 e. The second-order valence-electron chi connectivity index (χ2n) is 3.79. The SMILES string of the molecule is O=C(CC1CCOCC1)c1ccc(Cl)o1. The topological polar surface area (TPSA) is 39.4 Å². The molecule has 2 heterocycles. The molecule has 1 fully saturated rings. The summed E-state index contributed by atoms with van der Waals surface area (Å²) in [6.07, 6.45) is 2.45. The number of carbonyl (C=O) groups excluding carboxylic acids is 1. The Hall–Kier alpha value is -0.800. The molecular weight excluding hydrogens is 216 g/mol. The van der Waals surface area contributed by atoms with Gasteiger partial charge >= 0.3 is 0 Å². The number of hydrogen-bond acceptors (Lipinski definition) is 3. The third-order valence-electron chi connectivity index (χ3n) is 2.66. The van der Waals surface area contributed by atoms with Gasteiger partial charge in [0, 0.05) is 19.6 Å². The molecule has 1 aliphatic rings. The molecule has 0 amide bonds. The molecule has 2 rings (SSSR count). The molecule has 1 aliphatic heterocycles. The molecule has 0 N–H and O–H groups in total. The Kier molecular flexibility index (Phi) is 3.44. The zero-order chi connectivity index (χ0) is 10.7. The van der Waals surface area contributed by atoms with Crippen molar-refractivity contribution in [1.29, 1.82) is 0 Å². The van der Waals surface area contributed by atoms with Crippen molar-refractivity contribution >= 4 is 17.4 Å². The van der Waals surface area contributed by atoms with Crippen LogP contribution in [-0.2, 0) is 4.74 Å². The Bertz CT molecular complexity index is 339. The van der Waals surface area contributed by atoms with E-state index < -0.39 is 0 Å². The number of ether oxygens (including phenoxy) is 1. The second kappa shape index (κ2) is 4.81. The van der Waals surface area contributed by atoms with Gasteiger partial charge in [-0.3, -0.25) is 4.79 Å². The highest BCUT2D eigenvalue weighted by Gasteiger charge is 2.20. The van der Waals surface area contributed by atoms with Gasteiger partial charge < -0.3 is 9.15 Å². The predicted molar refractivity (Wildman–Crippen MR) is 56.2 cm³/mol. The van der Waals surface area contributed by atoms with Crippen LogP contribution in [0.3, 0.4) is 0 Å². The van der Waals surface area contributed by atoms with Crippen LogP contribution in [0.25, 0.3) is 0 Å². The van der Waals surface area contributed by atoms with Gasteiger partial charge in [-0.2, -0.15) is 0 Å². The van der Waals surface area contributed by atoms with Gasteiger partial charge in [0.1, 0.15) is 0 Å². The van der Waals surface area contributed by atoms with E-state index in [1.54, 1.807) is 12.1 Å². The maximum atomic E-state index is 11.7. The molecule has 0 aromatic carbocycles. The number of furan rings is 1. The average molecular weight is 229 g/mol. The highest BCUT2D eigenvalue weighted by Crippen LogP contribution is 2.22. The van der Waals surface area contributed by atoms with Gasteiger partial charge in [-0.25, -0.2) is 0 Å². The van der Waals surface area contributed by atoms with Crippen LogP contribution in [0.4, 0.5) is 0 Å². The minimum absolute atomic E-state index is 0.0359. The summed E-state index contributed by atoms with van der Waals surface area (Å²) in [5.74, 6) is 0.829. The summed E-state index contributed by atoms with van der Waals surface area (Å²) < 4.78 is 10.3. The van der Waals surface area contributed by atoms with Crippen LogP contribution >= 0.6 is 11.6 Å². The number of ketones is 1. The molecule has 0 saturated carbocycles. The molecule has 15 heavy (non-hydrogen) atoms. The Morgan fingerprint density at radius 2 is 2.13 bits per heavy atom. The maximum Gasteiger partial charge on any atom is 0.198 e. The van der Waals surface area contributed by atoms with E-state index in [-0.39, 0.29) is 11.0 Å². The van der Waals surface area contributed by atoms with E-state index in [2.05, 4.69) is 0 Å². The monoisotopic (exact) mass is 228 g/mol. The molecule has 1 aromatic heterocycles. The fourth-order valence-corrected chi connectivity index (χ4v) is 1.92. The zero-order valence-corrected chi connectivity index (χ0v) is 9.13. The van der Waals surface area contributed by atoms with Crippen molar-refractivity contribution in [3.8, 4) is 0 Å². The zero-order valence-electron chi connectivity index (χ0n) is 8.37. The van der Waals surface area contributed by atoms with E-state index >= 15 is 0 Å². The van der Waals surface area contributed by atoms with E-state index in [4.69, 9.17) is 20.8 Å². The number of Topliss-reactive ketones (excluding diaryl/α,β-unsaturated/α-hetero) is 1. The first-order chi connectivity index (χ1) is 7.25. The standard InChI is InChI=1S/C11H13ClO3/c12-11-2-1-10(15-11)9(13)7-8-3-5-14-6-4-8/h1-2,8H,3-7H2. The molecule has 0 radical (unpaired) electrons. The van der Waals surface area contributed by atoms with Crippen molar-refractivity contribution in [3.63, 3.8) is 0 Å². The lowest BCUT2D eigenvalue weighted by Gasteiger charge is -2.20. The molecule has 1 saturated heterocycles. The first kappa shape index (κ1) is 10.7. The molecular formula is C11H13ClO3. The number of hydrogen-bond donors (Lipinski definition) is 0. The second-order valence-corrected chi connectivity index (χ2v) is 4.16. The van der Waals surface area contributed by atoms with Crippen LogP contribution < -0.4 is 0 Å². The summed E-state index contributed by atoms with van der Waals surface area (Å²) in [4.78, 5) is 11.7. The lowest BCUT2D eigenvalue weighted by molar-refractivity contribution is 0.0593. The van der Waals surface area contributed by atoms with Crippen molar-refractivity contribution in [1.82, 2.24) is 0 Å². The highest BCUT2D eigenvalue weighted by atomic mass is 35.5. The quantitative estimate of drug-likeness (QED) is 0.747. The van der Waals surface area contributed by atoms with Crippen molar-refractivity contribution in [3.05, 3.63) is 23.1 Å². The fourth-order valence-electron chi connectivity index (χ4n) is 1.78. The molecule has 0 spiro atoms. The van der Waals surface area contributed by atoms with E-state index in [0.29, 0.717) is 18.1 Å². The third kappa shape index (κ3) is 2.83. The molecule has 0 bridgehead atoms. The van der Waals surface area contributed by atoms with Crippen LogP contribution in [0.15, 0.2) is 16.5 Å². The van der Waals surface area contributed by atoms with Crippen molar-refractivity contribution < 1.29 is 13.9 Å². The van der Waals surface area contributed by atoms with Gasteiger partial charge in [0.05, 0.1) is 0 Å². The lowest BCUT2D eigenvalue weighted by Crippen LogP contribution is -2.18. The smallest absolute Gasteiger partial charge is 0.198 e. The van der Waals surface area contributed by atoms with E-state index in [1.807, 2.05) is 0 Å². The van der Waals surface area contributed by atoms with Gasteiger partial charge in [0.25, 0.3) is 0 Å². The predicted octanol–water partition coefficient (Wildman–Crippen LogP) is 2.93. The minimum Gasteiger partial charge on any atom is -0.442 e. The highest BCUT2D eigenvalue weighted by molar-refractivity contribution is 6.29. The summed E-state index contributed by atoms with van der Waals surface area (Å²) in [5, 5.41) is 0.269. The Morgan fingerprint density at radius 3 is 2.73 bits per heavy atom. The number of carbonyl (C=O) groups is 1. The molecule has 0 aliphatic carbocycles. The summed E-state index contributed by atoms with van der Waals surface area (Å²) in [6.45, 7) is 1.52. The summed E-state index contributed by atoms with van der Waals surface area (Å²) in [7, 11) is 0. The first-order valence-corrected chi connectivity index (χ1v) is 5.50. The summed E-state index contributed by atoms with van der Waals surface area (Å²) >= 11 is 5.61. The van der Waals surface area contributed by atoms with Crippen LogP contribution in [0, 0.1) is 5.92 Å². The number of rotatable bonds is 3. The molecule has 0 unspecified atom stereocenters. The summed E-state index contributed by atoms with van der Waals surface area (Å²) in [6, 6.07) is 3.22. The minimum atomic E-state index is 0.0359. The molecule has 0 atom stereocenters. The van der Waals surface area contributed by atoms with E-state index in [1.165, 1.54) is 0 Å². The van der Waals surface area contributed by atoms with Gasteiger partial charge in [-0.05, 0) is 42.5 Å². The van der Waals surface area contributed by atoms with Gasteiger partial charge in [-0.1, -0.05) is 0 Å². The molecule has 82 valence electrons. The van der Waals surface area contributed by atoms with E-state index in [0.717, 1.165) is 26.1 Å². The van der Waals surface area contributed by atoms with Crippen LogP contribution in [0.5, 0.6) is 0 Å². The van der Waals surface area contributed by atoms with Crippen molar-refractivity contribution in [2.75, 3.05) is 13.2 Å². The maximum absolute atomic E-state index is 11.7. The Morgan fingerprint density at radius 1 is 1.40 bits per heavy atom. The van der Waals surface area contributed by atoms with Gasteiger partial charge in [-0.15, -0.1) is 0 Å². The first-order valence-electron chi connectivity index (χ1n) is 5.12. The van der Waals surface area contributed by atoms with Crippen molar-refractivity contribution in [2.45, 2.75) is 19.3 Å². The Labute approximate surface area is 93.4 Å². The lowest BCUT2D eigenvalue weighted by atomic mass is 9.94. The van der Waals surface area contributed by atoms with Gasteiger partial charge in [0.2, 0.25) is 0 Å². The third-order valence-corrected chi connectivity index (χ3v) is 2.87. The van der Waals surface area contributed by atoms with Crippen LogP contribution in [-0.4, -0.2) is 19.0 Å². The number of halogens is 1. The van der Waals surface area contributed by atoms with E-state index in [9.17, 15) is 4.79 Å². The summed E-state index contributed by atoms with van der Waals surface area (Å²) in [5.41, 5.74) is 0. The molecule has 4 heteroatoms. The van der Waals surface area contributed by atoms with Crippen LogP contribution in [0.2, 0.25) is 5.22 Å². The van der Waals surface area contributed by atoms with Crippen LogP contribution in [0.1, 0.15) is 29.8 Å². The average Bonchev–Trinajstić information content (AvgIpc) is 2.66. The van der Waals surface area contributed by atoms with Crippen molar-refractivity contribution in [2.24, 2.45) is 5.92 Å². The normalized spacial score (nSPS) is 17.9.